The molecular formula is C28H44N2O35S4. The summed E-state index contributed by atoms with van der Waals surface area (Å²) in [4.78, 5) is 49.3. The average Bonchev–Trinajstić information content (AvgIpc) is 3.18. The van der Waals surface area contributed by atoms with E-state index in [1.54, 1.807) is 0 Å². The predicted octanol–water partition coefficient (Wildman–Crippen LogP) is -9.97. The van der Waals surface area contributed by atoms with Crippen LogP contribution >= 0.6 is 0 Å². The third-order valence-electron chi connectivity index (χ3n) is 9.76. The van der Waals surface area contributed by atoms with Gasteiger partial charge in [0.25, 0.3) is 0 Å². The summed E-state index contributed by atoms with van der Waals surface area (Å²) >= 11 is 0. The highest BCUT2D eigenvalue weighted by Gasteiger charge is 2.59. The van der Waals surface area contributed by atoms with Crippen molar-refractivity contribution in [2.45, 2.75) is 137 Å². The van der Waals surface area contributed by atoms with E-state index >= 15 is 0 Å². The van der Waals surface area contributed by atoms with Gasteiger partial charge in [-0.2, -0.15) is 33.7 Å². The molecule has 2 amide bonds. The van der Waals surface area contributed by atoms with E-state index in [4.69, 9.17) is 42.3 Å². The summed E-state index contributed by atoms with van der Waals surface area (Å²) in [7, 11) is -22.3. The van der Waals surface area contributed by atoms with E-state index in [1.807, 2.05) is 10.6 Å². The van der Waals surface area contributed by atoms with Crippen molar-refractivity contribution in [2.75, 3.05) is 13.2 Å². The van der Waals surface area contributed by atoms with Gasteiger partial charge in [0.2, 0.25) is 11.8 Å². The second-order valence-electron chi connectivity index (χ2n) is 14.7. The van der Waals surface area contributed by atoms with Crippen LogP contribution < -0.4 is 10.6 Å². The van der Waals surface area contributed by atoms with Crippen LogP contribution in [0.4, 0.5) is 0 Å². The molecule has 0 saturated carbocycles. The van der Waals surface area contributed by atoms with Crippen LogP contribution in [0.3, 0.4) is 0 Å². The first-order valence-electron chi connectivity index (χ1n) is 18.7. The molecule has 0 spiro atoms. The third-order valence-corrected chi connectivity index (χ3v) is 11.6. The normalized spacial score (nSPS) is 39.2. The third kappa shape index (κ3) is 15.9. The average molecular weight is 1100 g/mol. The first kappa shape index (κ1) is 58.4. The lowest BCUT2D eigenvalue weighted by molar-refractivity contribution is -0.367. The van der Waals surface area contributed by atoms with Gasteiger partial charge in [0, 0.05) is 13.8 Å². The number of ether oxygens (including phenoxy) is 7. The molecule has 400 valence electrons. The van der Waals surface area contributed by atoms with Crippen LogP contribution in [-0.4, -0.2) is 252 Å². The molecule has 0 bridgehead atoms. The van der Waals surface area contributed by atoms with E-state index < -0.39 is 201 Å². The SMILES string of the molecule is CC(=O)NC1[C@H](O[C@@H]2C(C(=O)O)O[C@@H](O[C@@H]3C(COS(=O)(=O)O)O[C@@H](O[C@@H]4C(C(=O)O)O[C@@H](O)C(OS(=O)(=O)O)[C@H]4O)C(NC(C)=O)[C@H]3O)C(OS(=O)(=O)O)[C@H]2O)OC(COS(=O)(=O)O)[C@@H](O)[C@@H]1O. The number of carboxylic acids is 2. The Morgan fingerprint density at radius 3 is 1.29 bits per heavy atom. The highest BCUT2D eigenvalue weighted by atomic mass is 32.3. The van der Waals surface area contributed by atoms with Gasteiger partial charge in [0.1, 0.15) is 73.1 Å². The quantitative estimate of drug-likeness (QED) is 0.0504. The van der Waals surface area contributed by atoms with Crippen molar-refractivity contribution >= 4 is 65.3 Å². The smallest absolute Gasteiger partial charge is 0.397 e. The monoisotopic (exact) mass is 1100 g/mol. The van der Waals surface area contributed by atoms with Crippen LogP contribution in [0.5, 0.6) is 0 Å². The maximum Gasteiger partial charge on any atom is 0.397 e. The van der Waals surface area contributed by atoms with Crippen LogP contribution in [0.15, 0.2) is 0 Å². The van der Waals surface area contributed by atoms with Gasteiger partial charge in [0.15, 0.2) is 49.6 Å². The summed E-state index contributed by atoms with van der Waals surface area (Å²) < 4.78 is 185. The Balaban J connectivity index is 1.77. The van der Waals surface area contributed by atoms with Crippen molar-refractivity contribution in [1.29, 1.82) is 0 Å². The number of hydrogen-bond acceptors (Lipinski definition) is 29. The largest absolute Gasteiger partial charge is 0.479 e. The molecule has 4 saturated heterocycles. The number of carboxylic acid groups (broad SMARTS) is 2. The number of rotatable bonds is 20. The van der Waals surface area contributed by atoms with Crippen molar-refractivity contribution in [3.8, 4) is 0 Å². The molecule has 14 N–H and O–H groups in total. The predicted molar refractivity (Wildman–Crippen MR) is 200 cm³/mol. The molecule has 8 unspecified atom stereocenters. The summed E-state index contributed by atoms with van der Waals surface area (Å²) in [5.41, 5.74) is 0. The molecule has 41 heteroatoms. The Labute approximate surface area is 386 Å². The fraction of sp³-hybridized carbons (Fsp3) is 0.857. The van der Waals surface area contributed by atoms with Crippen molar-refractivity contribution < 1.29 is 162 Å². The highest BCUT2D eigenvalue weighted by molar-refractivity contribution is 7.81. The van der Waals surface area contributed by atoms with E-state index in [-0.39, 0.29) is 0 Å². The van der Waals surface area contributed by atoms with E-state index in [1.165, 1.54) is 0 Å². The van der Waals surface area contributed by atoms with Gasteiger partial charge in [-0.25, -0.2) is 26.3 Å². The summed E-state index contributed by atoms with van der Waals surface area (Å²) in [5.74, 6) is -6.46. The van der Waals surface area contributed by atoms with Crippen LogP contribution in [0.25, 0.3) is 0 Å². The Hall–Kier alpha value is -3.16. The zero-order valence-corrected chi connectivity index (χ0v) is 37.6. The number of carbonyl (C=O) groups is 4. The van der Waals surface area contributed by atoms with E-state index in [2.05, 4.69) is 16.7 Å². The van der Waals surface area contributed by atoms with Gasteiger partial charge in [0.05, 0.1) is 13.2 Å². The van der Waals surface area contributed by atoms with Crippen LogP contribution in [0.2, 0.25) is 0 Å². The molecule has 0 aromatic rings. The van der Waals surface area contributed by atoms with Crippen LogP contribution in [0, 0.1) is 0 Å². The number of aliphatic carboxylic acids is 2. The molecule has 4 fully saturated rings. The second-order valence-corrected chi connectivity index (χ2v) is 19.0. The minimum absolute atomic E-state index is 0.752. The zero-order valence-electron chi connectivity index (χ0n) is 34.4. The Bertz CT molecular complexity index is 2300. The maximum atomic E-state index is 12.7. The summed E-state index contributed by atoms with van der Waals surface area (Å²) in [6.45, 7) is -1.32. The molecule has 0 aromatic heterocycles. The fourth-order valence-electron chi connectivity index (χ4n) is 7.04. The minimum atomic E-state index is -5.90. The van der Waals surface area contributed by atoms with Gasteiger partial charge in [-0.3, -0.25) is 27.8 Å². The van der Waals surface area contributed by atoms with Gasteiger partial charge in [-0.1, -0.05) is 0 Å². The van der Waals surface area contributed by atoms with E-state index in [9.17, 15) is 103 Å². The number of amides is 2. The highest BCUT2D eigenvalue weighted by Crippen LogP contribution is 2.36. The second kappa shape index (κ2) is 22.7. The topological polar surface area (TPSA) is 573 Å². The standard InChI is InChI=1S/C28H44N2O35S4/c1-5(31)29-9-12(34)11(33)7(3-55-66(43,44)45)57-26(9)62-18-15(37)20(65-69(52,53)54)28(63-22(18)24(40)41)60-16-8(4-56-67(46,47)48)58-27(10(13(16)35)30-6(2)32)61-17-14(36)19(64-68(49,50)51)25(42)59-21(17)23(38)39/h7-22,25-28,33-37,42H,3-4H2,1-2H3,(H,29,31)(H,30,32)(H,38,39)(H,40,41)(H,43,44,45)(H,46,47,48)(H,49,50,51)(H,52,53,54)/t7?,8?,9?,10?,11-,12-,13-,14+,15+,16-,17+,18+,19?,20?,21?,22?,25-,26+,27+,28-/m1/s1. The number of aliphatic hydroxyl groups excluding tert-OH is 6. The summed E-state index contributed by atoms with van der Waals surface area (Å²) in [6.07, 6.45) is -45.9. The van der Waals surface area contributed by atoms with Gasteiger partial charge < -0.3 is 84.6 Å². The molecule has 0 radical (unpaired) electrons. The summed E-state index contributed by atoms with van der Waals surface area (Å²) in [6, 6.07) is -4.27. The number of nitrogens with one attached hydrogen (secondary N) is 2. The lowest BCUT2D eigenvalue weighted by atomic mass is 9.94. The first-order chi connectivity index (χ1) is 31.5. The molecule has 4 aliphatic heterocycles. The Kier molecular flexibility index (Phi) is 19.2. The van der Waals surface area contributed by atoms with E-state index in [0.717, 1.165) is 13.8 Å². The Morgan fingerprint density at radius 1 is 0.464 bits per heavy atom. The molecular weight excluding hydrogens is 1050 g/mol. The fourth-order valence-corrected chi connectivity index (χ4v) is 8.62. The molecule has 0 aliphatic carbocycles. The molecule has 4 heterocycles. The number of carbonyl (C=O) groups excluding carboxylic acids is 2. The number of aliphatic hydroxyl groups is 6. The molecule has 4 aliphatic rings. The van der Waals surface area contributed by atoms with Crippen molar-refractivity contribution in [2.24, 2.45) is 0 Å². The molecule has 0 aromatic carbocycles. The van der Waals surface area contributed by atoms with Gasteiger partial charge >= 0.3 is 53.5 Å². The molecule has 37 nitrogen and oxygen atoms in total. The van der Waals surface area contributed by atoms with Crippen LogP contribution in [-0.2, 0) is 111 Å². The van der Waals surface area contributed by atoms with Crippen LogP contribution in [0.1, 0.15) is 13.8 Å². The first-order valence-corrected chi connectivity index (χ1v) is 24.2. The zero-order chi connectivity index (χ0) is 52.5. The lowest BCUT2D eigenvalue weighted by Crippen LogP contribution is -2.70. The minimum Gasteiger partial charge on any atom is -0.479 e. The van der Waals surface area contributed by atoms with Crippen molar-refractivity contribution in [3.05, 3.63) is 0 Å². The molecule has 69 heavy (non-hydrogen) atoms. The summed E-state index contributed by atoms with van der Waals surface area (Å²) in [5, 5.41) is 89.7. The molecule has 20 atom stereocenters. The molecule has 4 rings (SSSR count). The van der Waals surface area contributed by atoms with Gasteiger partial charge in [-0.15, -0.1) is 0 Å². The van der Waals surface area contributed by atoms with Gasteiger partial charge in [-0.05, 0) is 0 Å². The Morgan fingerprint density at radius 2 is 0.855 bits per heavy atom. The maximum absolute atomic E-state index is 12.7. The van der Waals surface area contributed by atoms with Crippen molar-refractivity contribution in [3.63, 3.8) is 0 Å². The van der Waals surface area contributed by atoms with Crippen molar-refractivity contribution in [1.82, 2.24) is 10.6 Å². The lowest BCUT2D eigenvalue weighted by Gasteiger charge is -2.50. The number of hydrogen-bond donors (Lipinski definition) is 14. The van der Waals surface area contributed by atoms with E-state index in [0.29, 0.717) is 0 Å².